The number of carbonyl (C=O) groups is 1. The first-order valence-corrected chi connectivity index (χ1v) is 8.98. The molecule has 2 rings (SSSR count). The largest absolute Gasteiger partial charge is 0.496 e. The molecule has 0 saturated heterocycles. The lowest BCUT2D eigenvalue weighted by Gasteiger charge is -2.13. The number of anilines is 1. The first-order chi connectivity index (χ1) is 12.5. The van der Waals surface area contributed by atoms with Crippen LogP contribution < -0.4 is 20.9 Å². The van der Waals surface area contributed by atoms with Crippen molar-refractivity contribution in [3.63, 3.8) is 0 Å². The van der Waals surface area contributed by atoms with Gasteiger partial charge < -0.3 is 10.1 Å². The molecule has 0 radical (unpaired) electrons. The third-order valence-corrected chi connectivity index (χ3v) is 4.17. The maximum absolute atomic E-state index is 12.0. The summed E-state index contributed by atoms with van der Waals surface area (Å²) >= 11 is 5.20. The van der Waals surface area contributed by atoms with Gasteiger partial charge in [-0.2, -0.15) is 0 Å². The van der Waals surface area contributed by atoms with Crippen LogP contribution in [-0.4, -0.2) is 18.1 Å². The van der Waals surface area contributed by atoms with Crippen LogP contribution in [0.2, 0.25) is 0 Å². The van der Waals surface area contributed by atoms with Gasteiger partial charge in [-0.1, -0.05) is 44.2 Å². The molecule has 1 amide bonds. The smallest absolute Gasteiger partial charge is 0.238 e. The lowest BCUT2D eigenvalue weighted by molar-refractivity contribution is -0.121. The molecule has 6 heteroatoms. The Labute approximate surface area is 160 Å². The summed E-state index contributed by atoms with van der Waals surface area (Å²) in [6.07, 6.45) is 0.924. The van der Waals surface area contributed by atoms with Crippen LogP contribution in [0.1, 0.15) is 37.3 Å². The number of amides is 1. The molecule has 0 heterocycles. The molecule has 0 fully saturated rings. The van der Waals surface area contributed by atoms with Gasteiger partial charge in [-0.05, 0) is 53.9 Å². The first-order valence-electron chi connectivity index (χ1n) is 8.57. The number of hydrogen-bond donors (Lipinski definition) is 3. The van der Waals surface area contributed by atoms with Gasteiger partial charge in [0.2, 0.25) is 5.91 Å². The molecular formula is C20H25N3O2S. The number of methoxy groups -OCH3 is 1. The topological polar surface area (TPSA) is 62.4 Å². The standard InChI is InChI=1S/C20H25N3O2S/c1-14(2)15-8-11-17(12-9-15)21-20(26)23-22-19(24)13-10-16-6-4-5-7-18(16)25-3/h4-9,11-12,14H,10,13H2,1-3H3,(H,22,24)(H2,21,23,26). The number of hydrazine groups is 1. The summed E-state index contributed by atoms with van der Waals surface area (Å²) in [6.45, 7) is 4.30. The maximum Gasteiger partial charge on any atom is 0.238 e. The summed E-state index contributed by atoms with van der Waals surface area (Å²) in [4.78, 5) is 12.0. The van der Waals surface area contributed by atoms with Crippen molar-refractivity contribution < 1.29 is 9.53 Å². The summed E-state index contributed by atoms with van der Waals surface area (Å²) in [5, 5.41) is 3.38. The molecule has 2 aromatic carbocycles. The Bertz CT molecular complexity index is 745. The van der Waals surface area contributed by atoms with Gasteiger partial charge in [-0.3, -0.25) is 15.6 Å². The fourth-order valence-electron chi connectivity index (χ4n) is 2.46. The maximum atomic E-state index is 12.0. The van der Waals surface area contributed by atoms with Crippen molar-refractivity contribution in [2.75, 3.05) is 12.4 Å². The lowest BCUT2D eigenvalue weighted by Crippen LogP contribution is -2.43. The number of thiocarbonyl (C=S) groups is 1. The SMILES string of the molecule is COc1ccccc1CCC(=O)NNC(=S)Nc1ccc(C(C)C)cc1. The highest BCUT2D eigenvalue weighted by Gasteiger charge is 2.07. The average molecular weight is 372 g/mol. The van der Waals surface area contributed by atoms with Crippen LogP contribution in [0.25, 0.3) is 0 Å². The van der Waals surface area contributed by atoms with E-state index in [1.165, 1.54) is 5.56 Å². The molecule has 0 aliphatic heterocycles. The van der Waals surface area contributed by atoms with Crippen molar-refractivity contribution in [3.8, 4) is 5.75 Å². The van der Waals surface area contributed by atoms with Gasteiger partial charge in [0, 0.05) is 12.1 Å². The van der Waals surface area contributed by atoms with Gasteiger partial charge in [0.05, 0.1) is 7.11 Å². The molecule has 5 nitrogen and oxygen atoms in total. The van der Waals surface area contributed by atoms with E-state index in [4.69, 9.17) is 17.0 Å². The van der Waals surface area contributed by atoms with Crippen LogP contribution in [0.15, 0.2) is 48.5 Å². The molecule has 0 spiro atoms. The van der Waals surface area contributed by atoms with Crippen molar-refractivity contribution >= 4 is 28.9 Å². The average Bonchev–Trinajstić information content (AvgIpc) is 2.65. The fraction of sp³-hybridized carbons (Fsp3) is 0.300. The van der Waals surface area contributed by atoms with E-state index in [2.05, 4.69) is 42.1 Å². The predicted molar refractivity (Wildman–Crippen MR) is 109 cm³/mol. The predicted octanol–water partition coefficient (Wildman–Crippen LogP) is 3.77. The Balaban J connectivity index is 1.75. The number of para-hydroxylation sites is 1. The molecule has 0 saturated carbocycles. The quantitative estimate of drug-likeness (QED) is 0.533. The monoisotopic (exact) mass is 371 g/mol. The summed E-state index contributed by atoms with van der Waals surface area (Å²) < 4.78 is 5.29. The summed E-state index contributed by atoms with van der Waals surface area (Å²) in [5.74, 6) is 1.13. The molecule has 0 atom stereocenters. The Morgan fingerprint density at radius 2 is 1.77 bits per heavy atom. The summed E-state index contributed by atoms with van der Waals surface area (Å²) in [7, 11) is 1.62. The number of benzene rings is 2. The lowest BCUT2D eigenvalue weighted by atomic mass is 10.0. The molecule has 0 unspecified atom stereocenters. The van der Waals surface area contributed by atoms with Crippen molar-refractivity contribution in [1.29, 1.82) is 0 Å². The van der Waals surface area contributed by atoms with Crippen molar-refractivity contribution in [2.24, 2.45) is 0 Å². The van der Waals surface area contributed by atoms with E-state index in [1.807, 2.05) is 36.4 Å². The Morgan fingerprint density at radius 3 is 2.42 bits per heavy atom. The molecule has 0 aliphatic rings. The number of ether oxygens (including phenoxy) is 1. The second-order valence-electron chi connectivity index (χ2n) is 6.22. The van der Waals surface area contributed by atoms with Gasteiger partial charge in [-0.15, -0.1) is 0 Å². The van der Waals surface area contributed by atoms with Gasteiger partial charge >= 0.3 is 0 Å². The summed E-state index contributed by atoms with van der Waals surface area (Å²) in [6, 6.07) is 15.7. The van der Waals surface area contributed by atoms with Crippen LogP contribution in [0, 0.1) is 0 Å². The normalized spacial score (nSPS) is 10.3. The van der Waals surface area contributed by atoms with Gasteiger partial charge in [0.25, 0.3) is 0 Å². The Morgan fingerprint density at radius 1 is 1.08 bits per heavy atom. The minimum atomic E-state index is -0.143. The Kier molecular flexibility index (Phi) is 7.41. The van der Waals surface area contributed by atoms with Gasteiger partial charge in [0.1, 0.15) is 5.75 Å². The first kappa shape index (κ1) is 19.7. The number of carbonyl (C=O) groups excluding carboxylic acids is 1. The highest BCUT2D eigenvalue weighted by molar-refractivity contribution is 7.80. The fourth-order valence-corrected chi connectivity index (χ4v) is 2.63. The summed E-state index contributed by atoms with van der Waals surface area (Å²) in [5.41, 5.74) is 8.46. The van der Waals surface area contributed by atoms with E-state index >= 15 is 0 Å². The second-order valence-corrected chi connectivity index (χ2v) is 6.62. The second kappa shape index (κ2) is 9.77. The van der Waals surface area contributed by atoms with Crippen LogP contribution in [0.3, 0.4) is 0 Å². The van der Waals surface area contributed by atoms with E-state index in [0.29, 0.717) is 23.9 Å². The molecule has 3 N–H and O–H groups in total. The van der Waals surface area contributed by atoms with Crippen LogP contribution in [-0.2, 0) is 11.2 Å². The zero-order chi connectivity index (χ0) is 18.9. The van der Waals surface area contributed by atoms with Crippen molar-refractivity contribution in [1.82, 2.24) is 10.9 Å². The highest BCUT2D eigenvalue weighted by Crippen LogP contribution is 2.19. The zero-order valence-corrected chi connectivity index (χ0v) is 16.2. The number of nitrogens with one attached hydrogen (secondary N) is 3. The van der Waals surface area contributed by atoms with Gasteiger partial charge in [0.15, 0.2) is 5.11 Å². The molecular weight excluding hydrogens is 346 g/mol. The molecule has 0 aliphatic carbocycles. The van der Waals surface area contributed by atoms with Crippen molar-refractivity contribution in [2.45, 2.75) is 32.6 Å². The van der Waals surface area contributed by atoms with Crippen LogP contribution in [0.4, 0.5) is 5.69 Å². The van der Waals surface area contributed by atoms with E-state index in [-0.39, 0.29) is 5.91 Å². The van der Waals surface area contributed by atoms with E-state index in [9.17, 15) is 4.79 Å². The zero-order valence-electron chi connectivity index (χ0n) is 15.3. The number of rotatable bonds is 6. The van der Waals surface area contributed by atoms with E-state index < -0.39 is 0 Å². The highest BCUT2D eigenvalue weighted by atomic mass is 32.1. The third-order valence-electron chi connectivity index (χ3n) is 3.96. The minimum Gasteiger partial charge on any atom is -0.496 e. The minimum absolute atomic E-state index is 0.143. The van der Waals surface area contributed by atoms with Gasteiger partial charge in [-0.25, -0.2) is 0 Å². The van der Waals surface area contributed by atoms with E-state index in [1.54, 1.807) is 7.11 Å². The molecule has 0 aromatic heterocycles. The molecule has 26 heavy (non-hydrogen) atoms. The van der Waals surface area contributed by atoms with Crippen LogP contribution >= 0.6 is 12.2 Å². The van der Waals surface area contributed by atoms with E-state index in [0.717, 1.165) is 17.0 Å². The number of hydrogen-bond acceptors (Lipinski definition) is 3. The molecule has 138 valence electrons. The Hall–Kier alpha value is -2.60. The van der Waals surface area contributed by atoms with Crippen molar-refractivity contribution in [3.05, 3.63) is 59.7 Å². The third kappa shape index (κ3) is 6.04. The molecule has 0 bridgehead atoms. The number of aryl methyl sites for hydroxylation is 1. The molecule has 2 aromatic rings. The van der Waals surface area contributed by atoms with Crippen LogP contribution in [0.5, 0.6) is 5.75 Å².